The van der Waals surface area contributed by atoms with Gasteiger partial charge in [-0.25, -0.2) is 0 Å². The van der Waals surface area contributed by atoms with Crippen molar-refractivity contribution in [3.05, 3.63) is 0 Å². The molecule has 2 heteroatoms. The Balaban J connectivity index is 3.26. The molecule has 0 saturated carbocycles. The molecule has 0 aromatic carbocycles. The van der Waals surface area contributed by atoms with E-state index in [1.807, 2.05) is 0 Å². The van der Waals surface area contributed by atoms with E-state index >= 15 is 0 Å². The van der Waals surface area contributed by atoms with Crippen LogP contribution in [-0.4, -0.2) is 11.0 Å². The summed E-state index contributed by atoms with van der Waals surface area (Å²) in [5.41, 5.74) is 0. The summed E-state index contributed by atoms with van der Waals surface area (Å²) in [5.74, 6) is 0.239. The topological polar surface area (TPSA) is 17.1 Å². The van der Waals surface area contributed by atoms with Crippen molar-refractivity contribution < 1.29 is 4.79 Å². The van der Waals surface area contributed by atoms with E-state index in [0.717, 1.165) is 12.8 Å². The lowest BCUT2D eigenvalue weighted by Crippen LogP contribution is -2.03. The molecule has 0 bridgehead atoms. The van der Waals surface area contributed by atoms with Crippen molar-refractivity contribution in [2.45, 2.75) is 38.4 Å². The maximum absolute atomic E-state index is 10.5. The van der Waals surface area contributed by atoms with Crippen molar-refractivity contribution in [3.8, 4) is 0 Å². The zero-order chi connectivity index (χ0) is 7.28. The molecule has 0 aromatic rings. The molecule has 0 spiro atoms. The zero-order valence-electron chi connectivity index (χ0n) is 6.05. The van der Waals surface area contributed by atoms with E-state index < -0.39 is 0 Å². The van der Waals surface area contributed by atoms with E-state index in [9.17, 15) is 4.79 Å². The first kappa shape index (κ1) is 9.02. The van der Waals surface area contributed by atoms with Gasteiger partial charge in [-0.05, 0) is 13.3 Å². The fourth-order valence-electron chi connectivity index (χ4n) is 0.767. The van der Waals surface area contributed by atoms with Crippen LogP contribution in [0.4, 0.5) is 0 Å². The van der Waals surface area contributed by atoms with Crippen molar-refractivity contribution in [2.24, 2.45) is 0 Å². The summed E-state index contributed by atoms with van der Waals surface area (Å²) in [4.78, 5) is 10.5. The molecule has 0 amide bonds. The molecule has 0 aliphatic rings. The first-order chi connectivity index (χ1) is 4.16. The first-order valence-electron chi connectivity index (χ1n) is 3.34. The van der Waals surface area contributed by atoms with Gasteiger partial charge in [0.1, 0.15) is 5.78 Å². The van der Waals surface area contributed by atoms with Crippen LogP contribution in [0.25, 0.3) is 0 Å². The van der Waals surface area contributed by atoms with E-state index in [2.05, 4.69) is 19.6 Å². The summed E-state index contributed by atoms with van der Waals surface area (Å²) in [5, 5.41) is 0.285. The van der Waals surface area contributed by atoms with Crippen molar-refractivity contribution >= 4 is 18.4 Å². The zero-order valence-corrected chi connectivity index (χ0v) is 6.95. The summed E-state index contributed by atoms with van der Waals surface area (Å²) in [6.45, 7) is 3.71. The highest BCUT2D eigenvalue weighted by atomic mass is 32.1. The minimum atomic E-state index is 0.239. The van der Waals surface area contributed by atoms with Crippen LogP contribution in [0.15, 0.2) is 0 Å². The Morgan fingerprint density at radius 1 is 1.67 bits per heavy atom. The number of thiol groups is 1. The van der Waals surface area contributed by atoms with E-state index in [1.165, 1.54) is 0 Å². The molecule has 9 heavy (non-hydrogen) atoms. The van der Waals surface area contributed by atoms with E-state index in [4.69, 9.17) is 0 Å². The van der Waals surface area contributed by atoms with Gasteiger partial charge in [0.25, 0.3) is 0 Å². The highest BCUT2D eigenvalue weighted by Crippen LogP contribution is 2.08. The van der Waals surface area contributed by atoms with Gasteiger partial charge in [0.15, 0.2) is 0 Å². The summed E-state index contributed by atoms with van der Waals surface area (Å²) in [6, 6.07) is 0. The van der Waals surface area contributed by atoms with Gasteiger partial charge in [0, 0.05) is 11.7 Å². The molecule has 0 heterocycles. The average molecular weight is 146 g/mol. The second kappa shape index (κ2) is 4.86. The third-order valence-electron chi connectivity index (χ3n) is 1.14. The van der Waals surface area contributed by atoms with E-state index in [1.54, 1.807) is 6.92 Å². The van der Waals surface area contributed by atoms with Gasteiger partial charge < -0.3 is 0 Å². The second-order valence-electron chi connectivity index (χ2n) is 2.35. The molecule has 0 fully saturated rings. The number of carbonyl (C=O) groups excluding carboxylic acids is 1. The third kappa shape index (κ3) is 5.90. The van der Waals surface area contributed by atoms with Crippen LogP contribution >= 0.6 is 12.6 Å². The van der Waals surface area contributed by atoms with Crippen LogP contribution in [0.1, 0.15) is 33.1 Å². The smallest absolute Gasteiger partial charge is 0.130 e. The molecule has 0 aromatic heterocycles. The maximum atomic E-state index is 10.5. The predicted octanol–water partition coefficient (Wildman–Crippen LogP) is 2.06. The third-order valence-corrected chi connectivity index (χ3v) is 1.59. The SMILES string of the molecule is CCCC(S)CC(C)=O. The van der Waals surface area contributed by atoms with Gasteiger partial charge in [0.2, 0.25) is 0 Å². The van der Waals surface area contributed by atoms with Gasteiger partial charge in [-0.1, -0.05) is 13.3 Å². The van der Waals surface area contributed by atoms with Gasteiger partial charge in [-0.2, -0.15) is 12.6 Å². The Morgan fingerprint density at radius 3 is 2.56 bits per heavy atom. The van der Waals surface area contributed by atoms with Crippen LogP contribution in [0, 0.1) is 0 Å². The van der Waals surface area contributed by atoms with Crippen LogP contribution < -0.4 is 0 Å². The molecule has 0 aliphatic carbocycles. The Labute approximate surface area is 62.2 Å². The number of rotatable bonds is 4. The fourth-order valence-corrected chi connectivity index (χ4v) is 1.28. The average Bonchev–Trinajstić information content (AvgIpc) is 1.63. The molecule has 54 valence electrons. The summed E-state index contributed by atoms with van der Waals surface area (Å²) in [6.07, 6.45) is 2.78. The lowest BCUT2D eigenvalue weighted by molar-refractivity contribution is -0.117. The van der Waals surface area contributed by atoms with E-state index in [-0.39, 0.29) is 11.0 Å². The quantitative estimate of drug-likeness (QED) is 0.601. The molecule has 0 aliphatic heterocycles. The Kier molecular flexibility index (Phi) is 4.87. The molecule has 1 unspecified atom stereocenters. The van der Waals surface area contributed by atoms with Gasteiger partial charge in [-0.3, -0.25) is 4.79 Å². The van der Waals surface area contributed by atoms with Gasteiger partial charge in [0.05, 0.1) is 0 Å². The monoisotopic (exact) mass is 146 g/mol. The maximum Gasteiger partial charge on any atom is 0.130 e. The molecular formula is C7H14OS. The lowest BCUT2D eigenvalue weighted by atomic mass is 10.1. The number of hydrogen-bond donors (Lipinski definition) is 1. The molecular weight excluding hydrogens is 132 g/mol. The van der Waals surface area contributed by atoms with Gasteiger partial charge in [-0.15, -0.1) is 0 Å². The largest absolute Gasteiger partial charge is 0.300 e. The molecule has 0 rings (SSSR count). The summed E-state index contributed by atoms with van der Waals surface area (Å²) >= 11 is 4.23. The fraction of sp³-hybridized carbons (Fsp3) is 0.857. The molecule has 0 N–H and O–H groups in total. The van der Waals surface area contributed by atoms with Crippen molar-refractivity contribution in [1.29, 1.82) is 0 Å². The van der Waals surface area contributed by atoms with Crippen LogP contribution in [0.2, 0.25) is 0 Å². The van der Waals surface area contributed by atoms with Crippen LogP contribution in [0.3, 0.4) is 0 Å². The minimum Gasteiger partial charge on any atom is -0.300 e. The number of Topliss-reactive ketones (excluding diaryl/α,β-unsaturated/α-hetero) is 1. The molecule has 0 saturated heterocycles. The Bertz CT molecular complexity index is 90.9. The van der Waals surface area contributed by atoms with E-state index in [0.29, 0.717) is 6.42 Å². The van der Waals surface area contributed by atoms with Crippen molar-refractivity contribution in [2.75, 3.05) is 0 Å². The lowest BCUT2D eigenvalue weighted by Gasteiger charge is -2.04. The van der Waals surface area contributed by atoms with Crippen LogP contribution in [0.5, 0.6) is 0 Å². The first-order valence-corrected chi connectivity index (χ1v) is 3.86. The van der Waals surface area contributed by atoms with Gasteiger partial charge >= 0.3 is 0 Å². The Hall–Kier alpha value is 0.0200. The molecule has 0 radical (unpaired) electrons. The van der Waals surface area contributed by atoms with Crippen LogP contribution in [-0.2, 0) is 4.79 Å². The summed E-state index contributed by atoms with van der Waals surface area (Å²) in [7, 11) is 0. The summed E-state index contributed by atoms with van der Waals surface area (Å²) < 4.78 is 0. The molecule has 1 atom stereocenters. The van der Waals surface area contributed by atoms with Crippen molar-refractivity contribution in [3.63, 3.8) is 0 Å². The number of carbonyl (C=O) groups is 1. The Morgan fingerprint density at radius 2 is 2.22 bits per heavy atom. The minimum absolute atomic E-state index is 0.239. The highest BCUT2D eigenvalue weighted by molar-refractivity contribution is 7.81. The normalized spacial score (nSPS) is 13.2. The molecule has 1 nitrogen and oxygen atoms in total. The number of hydrogen-bond acceptors (Lipinski definition) is 2. The standard InChI is InChI=1S/C7H14OS/c1-3-4-7(9)5-6(2)8/h7,9H,3-5H2,1-2H3. The highest BCUT2D eigenvalue weighted by Gasteiger charge is 2.03. The van der Waals surface area contributed by atoms with Crippen molar-refractivity contribution in [1.82, 2.24) is 0 Å². The number of ketones is 1. The predicted molar refractivity (Wildman–Crippen MR) is 43.0 cm³/mol. The second-order valence-corrected chi connectivity index (χ2v) is 3.08.